The lowest BCUT2D eigenvalue weighted by atomic mass is 9.87. The van der Waals surface area contributed by atoms with Gasteiger partial charge in [-0.2, -0.15) is 0 Å². The Kier molecular flexibility index (Phi) is 7.80. The molecule has 0 bridgehead atoms. The predicted molar refractivity (Wildman–Crippen MR) is 174 cm³/mol. The molecule has 2 aliphatic rings. The maximum Gasteiger partial charge on any atom is 0.255 e. The number of amides is 3. The molecule has 9 heteroatoms. The lowest BCUT2D eigenvalue weighted by molar-refractivity contribution is -0.127. The summed E-state index contributed by atoms with van der Waals surface area (Å²) in [6, 6.07) is 17.5. The van der Waals surface area contributed by atoms with Crippen molar-refractivity contribution in [2.24, 2.45) is 0 Å². The van der Waals surface area contributed by atoms with Crippen LogP contribution in [-0.2, 0) is 15.0 Å². The van der Waals surface area contributed by atoms with E-state index in [1.54, 1.807) is 11.8 Å². The van der Waals surface area contributed by atoms with Crippen LogP contribution < -0.4 is 15.5 Å². The van der Waals surface area contributed by atoms with Crippen LogP contribution in [0.15, 0.2) is 60.8 Å². The zero-order valence-electron chi connectivity index (χ0n) is 25.7. The Bertz CT molecular complexity index is 1780. The fourth-order valence-electron chi connectivity index (χ4n) is 6.23. The highest BCUT2D eigenvalue weighted by Crippen LogP contribution is 2.42. The van der Waals surface area contributed by atoms with Crippen LogP contribution in [0.4, 0.5) is 17.3 Å². The van der Waals surface area contributed by atoms with Crippen LogP contribution in [0.2, 0.25) is 0 Å². The van der Waals surface area contributed by atoms with E-state index in [-0.39, 0.29) is 23.1 Å². The molecular formula is C35H38N6O3. The van der Waals surface area contributed by atoms with Gasteiger partial charge in [-0.1, -0.05) is 32.0 Å². The Balaban J connectivity index is 1.15. The first-order chi connectivity index (χ1) is 21.1. The third-order valence-corrected chi connectivity index (χ3v) is 8.66. The molecule has 3 aromatic carbocycles. The van der Waals surface area contributed by atoms with E-state index in [1.165, 1.54) is 0 Å². The molecule has 0 radical (unpaired) electrons. The monoisotopic (exact) mass is 590 g/mol. The van der Waals surface area contributed by atoms with Gasteiger partial charge in [0.15, 0.2) is 0 Å². The number of nitrogens with one attached hydrogen (secondary N) is 2. The number of benzene rings is 3. The van der Waals surface area contributed by atoms with Gasteiger partial charge in [-0.05, 0) is 78.4 Å². The second-order valence-corrected chi connectivity index (χ2v) is 12.4. The molecule has 0 spiro atoms. The fraction of sp³-hybridized carbons (Fsp3) is 0.343. The van der Waals surface area contributed by atoms with Crippen molar-refractivity contribution in [2.45, 2.75) is 52.4 Å². The van der Waals surface area contributed by atoms with E-state index in [0.717, 1.165) is 64.8 Å². The van der Waals surface area contributed by atoms with Crippen LogP contribution in [0.25, 0.3) is 22.0 Å². The van der Waals surface area contributed by atoms with Crippen molar-refractivity contribution >= 4 is 45.9 Å². The van der Waals surface area contributed by atoms with E-state index in [2.05, 4.69) is 34.4 Å². The van der Waals surface area contributed by atoms with E-state index in [4.69, 9.17) is 0 Å². The van der Waals surface area contributed by atoms with Crippen LogP contribution in [0.5, 0.6) is 0 Å². The van der Waals surface area contributed by atoms with E-state index in [0.29, 0.717) is 36.7 Å². The Morgan fingerprint density at radius 2 is 1.89 bits per heavy atom. The lowest BCUT2D eigenvalue weighted by Gasteiger charge is -2.19. The number of hydrogen-bond donors (Lipinski definition) is 2. The molecular weight excluding hydrogens is 552 g/mol. The minimum atomic E-state index is -0.216. The van der Waals surface area contributed by atoms with Crippen molar-refractivity contribution in [3.05, 3.63) is 77.5 Å². The molecule has 1 saturated heterocycles. The first-order valence-electron chi connectivity index (χ1n) is 15.2. The molecule has 2 aliphatic heterocycles. The number of fused-ring (bicyclic) bond motifs is 2. The molecule has 0 atom stereocenters. The second-order valence-electron chi connectivity index (χ2n) is 12.4. The molecule has 0 unspecified atom stereocenters. The van der Waals surface area contributed by atoms with Gasteiger partial charge in [-0.25, -0.2) is 9.97 Å². The number of aryl methyl sites for hydroxylation is 1. The van der Waals surface area contributed by atoms with E-state index in [1.807, 2.05) is 72.6 Å². The zero-order chi connectivity index (χ0) is 31.0. The van der Waals surface area contributed by atoms with Gasteiger partial charge in [0.05, 0.1) is 5.52 Å². The van der Waals surface area contributed by atoms with Crippen molar-refractivity contribution in [3.8, 4) is 11.1 Å². The standard InChI is InChI=1S/C35H38N6O3/c1-22-8-9-25(33(44)38-27-11-12-29-31(19-27)41(23(2)42)21-35(29,3)4)18-28(22)24-10-13-30-26(17-24)20-37-34(39-30)36-14-6-16-40-15-5-7-32(40)43/h8-13,17-20H,5-7,14-16,21H2,1-4H3,(H,38,44)(H,36,37,39). The first kappa shape index (κ1) is 29.3. The van der Waals surface area contributed by atoms with Gasteiger partial charge in [0.2, 0.25) is 17.8 Å². The Labute approximate surface area is 257 Å². The minimum absolute atomic E-state index is 0.0107. The number of carbonyl (C=O) groups excluding carboxylic acids is 3. The third-order valence-electron chi connectivity index (χ3n) is 8.66. The summed E-state index contributed by atoms with van der Waals surface area (Å²) in [5.41, 5.74) is 6.80. The molecule has 3 amide bonds. The Hall–Kier alpha value is -4.79. The Morgan fingerprint density at radius 1 is 1.05 bits per heavy atom. The summed E-state index contributed by atoms with van der Waals surface area (Å²) in [6.45, 7) is 10.8. The van der Waals surface area contributed by atoms with Gasteiger partial charge in [-0.3, -0.25) is 14.4 Å². The molecule has 0 aliphatic carbocycles. The largest absolute Gasteiger partial charge is 0.354 e. The maximum absolute atomic E-state index is 13.4. The highest BCUT2D eigenvalue weighted by atomic mass is 16.2. The third kappa shape index (κ3) is 5.86. The summed E-state index contributed by atoms with van der Waals surface area (Å²) in [6.07, 6.45) is 4.27. The number of nitrogens with zero attached hydrogens (tertiary/aromatic N) is 4. The molecule has 3 heterocycles. The fourth-order valence-corrected chi connectivity index (χ4v) is 6.23. The highest BCUT2D eigenvalue weighted by Gasteiger charge is 2.37. The summed E-state index contributed by atoms with van der Waals surface area (Å²) >= 11 is 0. The van der Waals surface area contributed by atoms with E-state index in [9.17, 15) is 14.4 Å². The maximum atomic E-state index is 13.4. The van der Waals surface area contributed by atoms with Crippen LogP contribution in [-0.4, -0.2) is 58.8 Å². The zero-order valence-corrected chi connectivity index (χ0v) is 25.7. The summed E-state index contributed by atoms with van der Waals surface area (Å²) in [5, 5.41) is 7.20. The average Bonchev–Trinajstić information content (AvgIpc) is 3.53. The predicted octanol–water partition coefficient (Wildman–Crippen LogP) is 5.93. The molecule has 9 nitrogen and oxygen atoms in total. The number of likely N-dealkylation sites (tertiary alicyclic amines) is 1. The molecule has 1 fully saturated rings. The summed E-state index contributed by atoms with van der Waals surface area (Å²) in [4.78, 5) is 50.3. The summed E-state index contributed by atoms with van der Waals surface area (Å²) in [7, 11) is 0. The molecule has 44 heavy (non-hydrogen) atoms. The van der Waals surface area contributed by atoms with Crippen LogP contribution in [0.1, 0.15) is 61.5 Å². The van der Waals surface area contributed by atoms with Gasteiger partial charge in [0.1, 0.15) is 0 Å². The molecule has 4 aromatic rings. The van der Waals surface area contributed by atoms with E-state index >= 15 is 0 Å². The van der Waals surface area contributed by atoms with Gasteiger partial charge in [-0.15, -0.1) is 0 Å². The van der Waals surface area contributed by atoms with Gasteiger partial charge in [0, 0.05) is 73.5 Å². The SMILES string of the molecule is CC(=O)N1CC(C)(C)c2ccc(NC(=O)c3ccc(C)c(-c4ccc5nc(NCCCN6CCCC6=O)ncc5c4)c3)cc21. The summed E-state index contributed by atoms with van der Waals surface area (Å²) in [5.74, 6) is 0.583. The number of hydrogen-bond acceptors (Lipinski definition) is 6. The molecule has 226 valence electrons. The second kappa shape index (κ2) is 11.7. The van der Waals surface area contributed by atoms with Gasteiger partial charge < -0.3 is 20.4 Å². The van der Waals surface area contributed by atoms with Crippen molar-refractivity contribution < 1.29 is 14.4 Å². The van der Waals surface area contributed by atoms with Crippen LogP contribution in [0.3, 0.4) is 0 Å². The minimum Gasteiger partial charge on any atom is -0.354 e. The van der Waals surface area contributed by atoms with E-state index < -0.39 is 0 Å². The van der Waals surface area contributed by atoms with Crippen molar-refractivity contribution in [1.82, 2.24) is 14.9 Å². The quantitative estimate of drug-likeness (QED) is 0.247. The van der Waals surface area contributed by atoms with Gasteiger partial charge >= 0.3 is 0 Å². The molecule has 0 saturated carbocycles. The molecule has 6 rings (SSSR count). The normalized spacial score (nSPS) is 15.5. The van der Waals surface area contributed by atoms with Gasteiger partial charge in [0.25, 0.3) is 5.91 Å². The lowest BCUT2D eigenvalue weighted by Crippen LogP contribution is -2.32. The van der Waals surface area contributed by atoms with Crippen molar-refractivity contribution in [1.29, 1.82) is 0 Å². The van der Waals surface area contributed by atoms with Crippen LogP contribution >= 0.6 is 0 Å². The van der Waals surface area contributed by atoms with Crippen LogP contribution in [0, 0.1) is 6.92 Å². The molecule has 2 N–H and O–H groups in total. The smallest absolute Gasteiger partial charge is 0.255 e. The Morgan fingerprint density at radius 3 is 2.66 bits per heavy atom. The first-order valence-corrected chi connectivity index (χ1v) is 15.2. The number of anilines is 3. The summed E-state index contributed by atoms with van der Waals surface area (Å²) < 4.78 is 0. The van der Waals surface area contributed by atoms with Crippen molar-refractivity contribution in [3.63, 3.8) is 0 Å². The number of rotatable bonds is 8. The number of aromatic nitrogens is 2. The number of carbonyl (C=O) groups is 3. The average molecular weight is 591 g/mol. The van der Waals surface area contributed by atoms with Crippen molar-refractivity contribution in [2.75, 3.05) is 41.7 Å². The highest BCUT2D eigenvalue weighted by molar-refractivity contribution is 6.06. The topological polar surface area (TPSA) is 108 Å². The molecule has 1 aromatic heterocycles.